The Labute approximate surface area is 73.2 Å². The normalized spacial score (nSPS) is 11.3. The summed E-state index contributed by atoms with van der Waals surface area (Å²) < 4.78 is 0. The van der Waals surface area contributed by atoms with E-state index in [1.807, 2.05) is 0 Å². The van der Waals surface area contributed by atoms with Crippen molar-refractivity contribution in [2.75, 3.05) is 13.1 Å². The largest absolute Gasteiger partial charge is 0.351 e. The second kappa shape index (κ2) is 6.44. The average Bonchev–Trinajstić information content (AvgIpc) is 2.10. The van der Waals surface area contributed by atoms with Crippen LogP contribution in [-0.4, -0.2) is 25.0 Å². The second-order valence-corrected chi connectivity index (χ2v) is 2.34. The smallest absolute Gasteiger partial charge is 0.237 e. The van der Waals surface area contributed by atoms with Crippen LogP contribution >= 0.6 is 0 Å². The number of hydrogen-bond acceptors (Lipinski definition) is 2. The molecule has 0 heterocycles. The summed E-state index contributed by atoms with van der Waals surface area (Å²) in [6.45, 7) is 6.14. The first-order chi connectivity index (χ1) is 5.72. The third kappa shape index (κ3) is 4.53. The summed E-state index contributed by atoms with van der Waals surface area (Å²) in [5, 5.41) is 5.51. The molecule has 0 bridgehead atoms. The van der Waals surface area contributed by atoms with Gasteiger partial charge in [0.1, 0.15) is 0 Å². The minimum absolute atomic E-state index is 0.0647. The van der Waals surface area contributed by atoms with Gasteiger partial charge in [-0.2, -0.15) is 0 Å². The maximum absolute atomic E-state index is 11.1. The highest BCUT2D eigenvalue weighted by atomic mass is 16.2. The Balaban J connectivity index is 3.62. The molecule has 0 aliphatic rings. The number of carbonyl (C=O) groups excluding carboxylic acids is 1. The molecule has 66 valence electrons. The predicted molar refractivity (Wildman–Crippen MR) is 49.5 cm³/mol. The van der Waals surface area contributed by atoms with Crippen LogP contribution in [0.25, 0.3) is 0 Å². The summed E-state index contributed by atoms with van der Waals surface area (Å²) in [6, 6.07) is -0.249. The molecule has 0 saturated carbocycles. The zero-order valence-corrected chi connectivity index (χ0v) is 7.26. The zero-order chi connectivity index (χ0) is 9.40. The van der Waals surface area contributed by atoms with Crippen molar-refractivity contribution >= 4 is 5.91 Å². The maximum atomic E-state index is 11.1. The van der Waals surface area contributed by atoms with Crippen molar-refractivity contribution in [2.45, 2.75) is 13.0 Å². The van der Waals surface area contributed by atoms with Crippen molar-refractivity contribution < 1.29 is 4.79 Å². The molecule has 0 aliphatic carbocycles. The lowest BCUT2D eigenvalue weighted by molar-refractivity contribution is -0.122. The van der Waals surface area contributed by atoms with E-state index in [0.29, 0.717) is 13.1 Å². The van der Waals surface area contributed by atoms with Gasteiger partial charge >= 0.3 is 0 Å². The van der Waals surface area contributed by atoms with E-state index in [2.05, 4.69) is 23.1 Å². The molecular weight excluding hydrogens is 152 g/mol. The van der Waals surface area contributed by atoms with Gasteiger partial charge in [-0.25, -0.2) is 0 Å². The Morgan fingerprint density at radius 2 is 2.50 bits per heavy atom. The lowest BCUT2D eigenvalue weighted by Gasteiger charge is -2.10. The van der Waals surface area contributed by atoms with Gasteiger partial charge in [-0.15, -0.1) is 13.0 Å². The van der Waals surface area contributed by atoms with E-state index in [0.717, 1.165) is 0 Å². The van der Waals surface area contributed by atoms with Crippen LogP contribution in [0, 0.1) is 12.3 Å². The summed E-state index contributed by atoms with van der Waals surface area (Å²) in [5.74, 6) is 2.33. The van der Waals surface area contributed by atoms with Crippen molar-refractivity contribution in [3.8, 4) is 12.3 Å². The van der Waals surface area contributed by atoms with E-state index in [1.54, 1.807) is 13.0 Å². The van der Waals surface area contributed by atoms with E-state index in [9.17, 15) is 4.79 Å². The molecule has 0 aromatic heterocycles. The van der Waals surface area contributed by atoms with Gasteiger partial charge in [0.2, 0.25) is 5.91 Å². The van der Waals surface area contributed by atoms with E-state index in [1.165, 1.54) is 0 Å². The molecule has 2 N–H and O–H groups in total. The van der Waals surface area contributed by atoms with Crippen LogP contribution in [-0.2, 0) is 4.79 Å². The quantitative estimate of drug-likeness (QED) is 0.442. The number of amides is 1. The van der Waals surface area contributed by atoms with Crippen LogP contribution in [0.3, 0.4) is 0 Å². The van der Waals surface area contributed by atoms with Crippen LogP contribution in [0.15, 0.2) is 12.7 Å². The van der Waals surface area contributed by atoms with Crippen LogP contribution in [0.2, 0.25) is 0 Å². The van der Waals surface area contributed by atoms with Gasteiger partial charge in [-0.05, 0) is 6.92 Å². The molecule has 0 rings (SSSR count). The molecule has 3 heteroatoms. The Hall–Kier alpha value is -1.27. The Morgan fingerprint density at radius 1 is 1.83 bits per heavy atom. The third-order valence-corrected chi connectivity index (χ3v) is 1.32. The van der Waals surface area contributed by atoms with Crippen molar-refractivity contribution in [3.05, 3.63) is 12.7 Å². The van der Waals surface area contributed by atoms with Crippen molar-refractivity contribution in [1.29, 1.82) is 0 Å². The lowest BCUT2D eigenvalue weighted by Crippen LogP contribution is -2.42. The van der Waals surface area contributed by atoms with Crippen LogP contribution in [0.1, 0.15) is 6.92 Å². The van der Waals surface area contributed by atoms with Gasteiger partial charge in [-0.3, -0.25) is 10.1 Å². The van der Waals surface area contributed by atoms with Crippen LogP contribution < -0.4 is 10.6 Å². The Bertz CT molecular complexity index is 193. The predicted octanol–water partition coefficient (Wildman–Crippen LogP) is -0.100. The molecule has 0 aliphatic heterocycles. The molecular formula is C9H14N2O. The zero-order valence-electron chi connectivity index (χ0n) is 7.26. The van der Waals surface area contributed by atoms with Crippen LogP contribution in [0.4, 0.5) is 0 Å². The first-order valence-electron chi connectivity index (χ1n) is 3.77. The lowest BCUT2D eigenvalue weighted by atomic mass is 10.3. The number of rotatable bonds is 5. The second-order valence-electron chi connectivity index (χ2n) is 2.34. The van der Waals surface area contributed by atoms with Gasteiger partial charge < -0.3 is 5.32 Å². The summed E-state index contributed by atoms with van der Waals surface area (Å²) in [5.41, 5.74) is 0. The van der Waals surface area contributed by atoms with Crippen molar-refractivity contribution in [1.82, 2.24) is 10.6 Å². The van der Waals surface area contributed by atoms with Crippen molar-refractivity contribution in [3.63, 3.8) is 0 Å². The minimum Gasteiger partial charge on any atom is -0.351 e. The molecule has 1 unspecified atom stereocenters. The molecule has 0 radical (unpaired) electrons. The number of carbonyl (C=O) groups is 1. The number of nitrogens with one attached hydrogen (secondary N) is 2. The van der Waals surface area contributed by atoms with Crippen LogP contribution in [0.5, 0.6) is 0 Å². The third-order valence-electron chi connectivity index (χ3n) is 1.32. The average molecular weight is 166 g/mol. The summed E-state index contributed by atoms with van der Waals surface area (Å²) in [6.07, 6.45) is 6.65. The van der Waals surface area contributed by atoms with E-state index >= 15 is 0 Å². The standard InChI is InChI=1S/C9H14N2O/c1-4-6-10-8(3)9(12)11-7-5-2/h1,5,8,10H,2,6-7H2,3H3,(H,11,12). The maximum Gasteiger partial charge on any atom is 0.237 e. The van der Waals surface area contributed by atoms with E-state index in [-0.39, 0.29) is 11.9 Å². The topological polar surface area (TPSA) is 41.1 Å². The summed E-state index contributed by atoms with van der Waals surface area (Å²) in [7, 11) is 0. The SMILES string of the molecule is C#CCNC(C)C(=O)NCC=C. The first kappa shape index (κ1) is 10.7. The number of hydrogen-bond donors (Lipinski definition) is 2. The van der Waals surface area contributed by atoms with E-state index in [4.69, 9.17) is 6.42 Å². The highest BCUT2D eigenvalue weighted by Gasteiger charge is 2.08. The van der Waals surface area contributed by atoms with Gasteiger partial charge in [0, 0.05) is 6.54 Å². The molecule has 0 aromatic rings. The monoisotopic (exact) mass is 166 g/mol. The highest BCUT2D eigenvalue weighted by molar-refractivity contribution is 5.81. The fourth-order valence-electron chi connectivity index (χ4n) is 0.631. The molecule has 1 atom stereocenters. The fraction of sp³-hybridized carbons (Fsp3) is 0.444. The molecule has 0 fully saturated rings. The van der Waals surface area contributed by atoms with Gasteiger partial charge in [-0.1, -0.05) is 12.0 Å². The molecule has 0 aromatic carbocycles. The molecule has 1 amide bonds. The van der Waals surface area contributed by atoms with E-state index < -0.39 is 0 Å². The molecule has 0 spiro atoms. The van der Waals surface area contributed by atoms with Gasteiger partial charge in [0.25, 0.3) is 0 Å². The van der Waals surface area contributed by atoms with Gasteiger partial charge in [0.05, 0.1) is 12.6 Å². The first-order valence-corrected chi connectivity index (χ1v) is 3.77. The summed E-state index contributed by atoms with van der Waals surface area (Å²) in [4.78, 5) is 11.1. The Morgan fingerprint density at radius 3 is 3.00 bits per heavy atom. The molecule has 12 heavy (non-hydrogen) atoms. The molecule has 3 nitrogen and oxygen atoms in total. The van der Waals surface area contributed by atoms with Crippen molar-refractivity contribution in [2.24, 2.45) is 0 Å². The summed E-state index contributed by atoms with van der Waals surface area (Å²) >= 11 is 0. The molecule has 0 saturated heterocycles. The fourth-order valence-corrected chi connectivity index (χ4v) is 0.631. The Kier molecular flexibility index (Phi) is 5.76. The minimum atomic E-state index is -0.249. The number of terminal acetylenes is 1. The van der Waals surface area contributed by atoms with Gasteiger partial charge in [0.15, 0.2) is 0 Å². The highest BCUT2D eigenvalue weighted by Crippen LogP contribution is 1.79.